The summed E-state index contributed by atoms with van der Waals surface area (Å²) in [6.07, 6.45) is 62.5. The number of rotatable bonds is 82. The lowest BCUT2D eigenvalue weighted by Crippen LogP contribution is -2.30. The maximum absolute atomic E-state index is 13.1. The lowest BCUT2D eigenvalue weighted by atomic mass is 9.99. The van der Waals surface area contributed by atoms with E-state index in [0.717, 1.165) is 114 Å². The minimum absolute atomic E-state index is 0.107. The van der Waals surface area contributed by atoms with Crippen molar-refractivity contribution in [2.24, 2.45) is 23.7 Å². The van der Waals surface area contributed by atoms with E-state index in [-0.39, 0.29) is 25.7 Å². The predicted molar refractivity (Wildman–Crippen MR) is 428 cm³/mol. The maximum atomic E-state index is 13.1. The number of carbonyl (C=O) groups excluding carboxylic acids is 4. The molecule has 0 saturated heterocycles. The van der Waals surface area contributed by atoms with Crippen molar-refractivity contribution in [3.8, 4) is 0 Å². The van der Waals surface area contributed by atoms with Crippen molar-refractivity contribution in [3.63, 3.8) is 0 Å². The molecule has 3 N–H and O–H groups in total. The molecular weight excluding hydrogens is 1350 g/mol. The Balaban J connectivity index is 5.21. The summed E-state index contributed by atoms with van der Waals surface area (Å²) in [5, 5.41) is 10.7. The Morgan fingerprint density at radius 1 is 0.269 bits per heavy atom. The average molecular weight is 1520 g/mol. The van der Waals surface area contributed by atoms with E-state index < -0.39 is 97.5 Å². The number of carbonyl (C=O) groups is 4. The zero-order valence-electron chi connectivity index (χ0n) is 68.7. The summed E-state index contributed by atoms with van der Waals surface area (Å²) < 4.78 is 68.8. The first-order valence-corrected chi connectivity index (χ1v) is 46.8. The molecule has 0 rings (SSSR count). The van der Waals surface area contributed by atoms with Crippen LogP contribution in [0.5, 0.6) is 0 Å². The Bertz CT molecular complexity index is 2030. The fourth-order valence-corrected chi connectivity index (χ4v) is 14.7. The third-order valence-electron chi connectivity index (χ3n) is 20.5. The molecule has 0 aromatic heterocycles. The van der Waals surface area contributed by atoms with Crippen LogP contribution >= 0.6 is 15.6 Å². The average Bonchev–Trinajstić information content (AvgIpc) is 0.904. The summed E-state index contributed by atoms with van der Waals surface area (Å²) in [5.74, 6) is 1.08. The lowest BCUT2D eigenvalue weighted by molar-refractivity contribution is -0.161. The fourth-order valence-electron chi connectivity index (χ4n) is 13.1. The summed E-state index contributed by atoms with van der Waals surface area (Å²) in [6, 6.07) is 0. The van der Waals surface area contributed by atoms with Crippen LogP contribution in [0.3, 0.4) is 0 Å². The van der Waals surface area contributed by atoms with Crippen molar-refractivity contribution in [1.29, 1.82) is 0 Å². The van der Waals surface area contributed by atoms with E-state index in [2.05, 4.69) is 55.4 Å². The fraction of sp³-hybridized carbons (Fsp3) is 0.953. The molecule has 0 fully saturated rings. The van der Waals surface area contributed by atoms with Crippen LogP contribution < -0.4 is 0 Å². The molecule has 0 aromatic carbocycles. The molecule has 0 bridgehead atoms. The van der Waals surface area contributed by atoms with E-state index in [1.807, 2.05) is 0 Å². The SMILES string of the molecule is CCC(C)CCCCCCCCCCCCCCCCCCCCC(=O)O[C@H](COC(=O)CCCCCCCCCCCCCC(C)C)COP(=O)(O)OCC(O)COP(=O)(O)OC[C@@H](COC(=O)CCCCCCCCCC(C)C)OC(=O)CCCCCCCCCCCCCCCCC(C)CC. The molecular formula is C85H166O17P2. The van der Waals surface area contributed by atoms with Gasteiger partial charge in [0.25, 0.3) is 0 Å². The van der Waals surface area contributed by atoms with Gasteiger partial charge in [-0.25, -0.2) is 9.13 Å². The van der Waals surface area contributed by atoms with Crippen molar-refractivity contribution >= 4 is 39.5 Å². The number of phosphoric ester groups is 2. The Morgan fingerprint density at radius 3 is 0.683 bits per heavy atom. The third kappa shape index (κ3) is 75.5. The molecule has 618 valence electrons. The molecule has 5 unspecified atom stereocenters. The minimum atomic E-state index is -4.97. The Morgan fingerprint density at radius 2 is 0.462 bits per heavy atom. The van der Waals surface area contributed by atoms with Gasteiger partial charge in [-0.15, -0.1) is 0 Å². The summed E-state index contributed by atoms with van der Waals surface area (Å²) in [5.41, 5.74) is 0. The number of unbranched alkanes of at least 4 members (excludes halogenated alkanes) is 46. The molecule has 0 aliphatic heterocycles. The Hall–Kier alpha value is -1.94. The highest BCUT2D eigenvalue weighted by Gasteiger charge is 2.30. The second-order valence-corrected chi connectivity index (χ2v) is 34.9. The van der Waals surface area contributed by atoms with Crippen LogP contribution in [0.2, 0.25) is 0 Å². The van der Waals surface area contributed by atoms with Crippen molar-refractivity contribution < 1.29 is 80.2 Å². The van der Waals surface area contributed by atoms with E-state index in [1.165, 1.54) is 238 Å². The lowest BCUT2D eigenvalue weighted by Gasteiger charge is -2.21. The van der Waals surface area contributed by atoms with Crippen molar-refractivity contribution in [2.45, 2.75) is 459 Å². The number of ether oxygens (including phenoxy) is 4. The predicted octanol–water partition coefficient (Wildman–Crippen LogP) is 25.6. The van der Waals surface area contributed by atoms with E-state index in [1.54, 1.807) is 0 Å². The third-order valence-corrected chi connectivity index (χ3v) is 22.4. The molecule has 0 aliphatic carbocycles. The maximum Gasteiger partial charge on any atom is 0.472 e. The number of esters is 4. The van der Waals surface area contributed by atoms with Crippen LogP contribution in [0, 0.1) is 23.7 Å². The van der Waals surface area contributed by atoms with E-state index in [9.17, 15) is 43.2 Å². The molecule has 0 aliphatic rings. The summed E-state index contributed by atoms with van der Waals surface area (Å²) in [4.78, 5) is 73.1. The van der Waals surface area contributed by atoms with Crippen molar-refractivity contribution in [1.82, 2.24) is 0 Å². The minimum Gasteiger partial charge on any atom is -0.462 e. The number of hydrogen-bond acceptors (Lipinski definition) is 15. The number of aliphatic hydroxyl groups excluding tert-OH is 1. The van der Waals surface area contributed by atoms with E-state index >= 15 is 0 Å². The van der Waals surface area contributed by atoms with Gasteiger partial charge in [-0.05, 0) is 49.4 Å². The van der Waals surface area contributed by atoms with Gasteiger partial charge in [0.05, 0.1) is 26.4 Å². The molecule has 7 atom stereocenters. The summed E-state index contributed by atoms with van der Waals surface area (Å²) in [6.45, 7) is 14.3. The second kappa shape index (κ2) is 73.8. The van der Waals surface area contributed by atoms with Gasteiger partial charge in [0, 0.05) is 25.7 Å². The smallest absolute Gasteiger partial charge is 0.462 e. The van der Waals surface area contributed by atoms with Gasteiger partial charge in [-0.1, -0.05) is 389 Å². The topological polar surface area (TPSA) is 237 Å². The molecule has 0 heterocycles. The zero-order chi connectivity index (χ0) is 76.7. The molecule has 0 spiro atoms. The Kier molecular flexibility index (Phi) is 72.5. The number of aliphatic hydroxyl groups is 1. The van der Waals surface area contributed by atoms with Gasteiger partial charge in [0.2, 0.25) is 0 Å². The highest BCUT2D eigenvalue weighted by atomic mass is 31.2. The summed E-state index contributed by atoms with van der Waals surface area (Å²) in [7, 11) is -9.93. The van der Waals surface area contributed by atoms with Crippen molar-refractivity contribution in [2.75, 3.05) is 39.6 Å². The first-order valence-electron chi connectivity index (χ1n) is 43.8. The van der Waals surface area contributed by atoms with Gasteiger partial charge in [-0.2, -0.15) is 0 Å². The summed E-state index contributed by atoms with van der Waals surface area (Å²) >= 11 is 0. The van der Waals surface area contributed by atoms with Crippen LogP contribution in [-0.4, -0.2) is 96.7 Å². The van der Waals surface area contributed by atoms with E-state index in [0.29, 0.717) is 31.6 Å². The normalized spacial score (nSPS) is 14.5. The zero-order valence-corrected chi connectivity index (χ0v) is 70.5. The monoisotopic (exact) mass is 1520 g/mol. The highest BCUT2D eigenvalue weighted by Crippen LogP contribution is 2.45. The van der Waals surface area contributed by atoms with Crippen LogP contribution in [0.25, 0.3) is 0 Å². The van der Waals surface area contributed by atoms with Gasteiger partial charge in [0.15, 0.2) is 12.2 Å². The van der Waals surface area contributed by atoms with E-state index in [4.69, 9.17) is 37.0 Å². The van der Waals surface area contributed by atoms with Gasteiger partial charge in [-0.3, -0.25) is 37.3 Å². The quantitative estimate of drug-likeness (QED) is 0.0222. The van der Waals surface area contributed by atoms with Crippen LogP contribution in [0.15, 0.2) is 0 Å². The first kappa shape index (κ1) is 102. The van der Waals surface area contributed by atoms with Gasteiger partial charge >= 0.3 is 39.5 Å². The van der Waals surface area contributed by atoms with Gasteiger partial charge < -0.3 is 33.8 Å². The number of hydrogen-bond donors (Lipinski definition) is 3. The van der Waals surface area contributed by atoms with Crippen LogP contribution in [0.4, 0.5) is 0 Å². The molecule has 0 aromatic rings. The molecule has 104 heavy (non-hydrogen) atoms. The molecule has 19 heteroatoms. The second-order valence-electron chi connectivity index (χ2n) is 32.0. The highest BCUT2D eigenvalue weighted by molar-refractivity contribution is 7.47. The van der Waals surface area contributed by atoms with Crippen LogP contribution in [-0.2, 0) is 65.4 Å². The largest absolute Gasteiger partial charge is 0.472 e. The van der Waals surface area contributed by atoms with Gasteiger partial charge in [0.1, 0.15) is 19.3 Å². The van der Waals surface area contributed by atoms with Crippen LogP contribution in [0.1, 0.15) is 441 Å². The standard InChI is InChI=1S/C85H166O17P2/c1-9-77(7)63-55-47-39-31-25-19-15-13-11-12-14-16-21-27-34-42-51-59-67-84(89)101-80(71-95-82(87)65-57-49-41-33-29-23-24-30-37-45-53-61-75(3)4)73-99-103(91,92)97-69-79(86)70-98-104(93,94)100-74-81(72-96-83(88)66-58-50-44-36-38-46-54-62-76(5)6)102-85(90)68-60-52-43-35-28-22-18-17-20-26-32-40-48-56-64-78(8)10-2/h75-81,86H,9-74H2,1-8H3,(H,91,92)(H,93,94)/t77?,78?,79?,80-,81-/m1/s1. The molecule has 0 amide bonds. The Labute approximate surface area is 638 Å². The molecule has 17 nitrogen and oxygen atoms in total. The molecule has 0 saturated carbocycles. The first-order chi connectivity index (χ1) is 50.2. The molecule has 0 radical (unpaired) electrons. The number of phosphoric acid groups is 2. The van der Waals surface area contributed by atoms with Crippen molar-refractivity contribution in [3.05, 3.63) is 0 Å².